The molecular weight excluding hydrogens is 350 g/mol. The normalized spacial score (nSPS) is 16.2. The monoisotopic (exact) mass is 375 g/mol. The van der Waals surface area contributed by atoms with E-state index in [1.807, 2.05) is 45.0 Å². The number of carbonyl (C=O) groups excluding carboxylic acids is 1. The molecule has 3 rings (SSSR count). The maximum absolute atomic E-state index is 12.1. The molecule has 0 spiro atoms. The number of aryl methyl sites for hydroxylation is 1. The molecule has 1 aromatic heterocycles. The zero-order chi connectivity index (χ0) is 18.7. The third-order valence-electron chi connectivity index (χ3n) is 4.73. The molecule has 6 heteroatoms. The van der Waals surface area contributed by atoms with Crippen molar-refractivity contribution in [3.8, 4) is 11.5 Å². The first-order valence-corrected chi connectivity index (χ1v) is 9.55. The molecule has 2 aromatic rings. The Hall–Kier alpha value is -1.85. The minimum absolute atomic E-state index is 0.120. The predicted octanol–water partition coefficient (Wildman–Crippen LogP) is 4.04. The Bertz CT molecular complexity index is 764. The number of amides is 1. The molecular formula is C20H26ClN3O2. The number of nitrogens with one attached hydrogen (secondary N) is 1. The van der Waals surface area contributed by atoms with Gasteiger partial charge in [-0.15, -0.1) is 0 Å². The molecule has 0 unspecified atom stereocenters. The summed E-state index contributed by atoms with van der Waals surface area (Å²) in [6.45, 7) is 8.48. The summed E-state index contributed by atoms with van der Waals surface area (Å²) in [5.41, 5.74) is 1.83. The lowest BCUT2D eigenvalue weighted by molar-refractivity contribution is -0.127. The summed E-state index contributed by atoms with van der Waals surface area (Å²) in [7, 11) is 0. The zero-order valence-electron chi connectivity index (χ0n) is 15.6. The van der Waals surface area contributed by atoms with E-state index >= 15 is 0 Å². The van der Waals surface area contributed by atoms with Crippen LogP contribution in [0.4, 0.5) is 0 Å². The van der Waals surface area contributed by atoms with Gasteiger partial charge in [0, 0.05) is 29.1 Å². The fourth-order valence-corrected chi connectivity index (χ4v) is 3.48. The highest BCUT2D eigenvalue weighted by molar-refractivity contribution is 6.30. The summed E-state index contributed by atoms with van der Waals surface area (Å²) in [5, 5.41) is 3.68. The Balaban J connectivity index is 1.60. The maximum Gasteiger partial charge on any atom is 0.226 e. The van der Waals surface area contributed by atoms with E-state index in [-0.39, 0.29) is 17.9 Å². The van der Waals surface area contributed by atoms with Crippen LogP contribution in [0.1, 0.15) is 38.1 Å². The molecule has 1 amide bonds. The Morgan fingerprint density at radius 1 is 1.38 bits per heavy atom. The van der Waals surface area contributed by atoms with Crippen LogP contribution in [-0.4, -0.2) is 34.9 Å². The van der Waals surface area contributed by atoms with Crippen LogP contribution in [0.25, 0.3) is 11.5 Å². The third-order valence-corrected chi connectivity index (χ3v) is 4.96. The van der Waals surface area contributed by atoms with E-state index in [1.165, 1.54) is 0 Å². The van der Waals surface area contributed by atoms with E-state index in [9.17, 15) is 4.79 Å². The number of carbonyl (C=O) groups is 1. The predicted molar refractivity (Wildman–Crippen MR) is 103 cm³/mol. The number of hydrogen-bond acceptors (Lipinski definition) is 4. The average molecular weight is 376 g/mol. The second kappa shape index (κ2) is 8.23. The Morgan fingerprint density at radius 2 is 2.12 bits per heavy atom. The minimum atomic E-state index is 0.120. The van der Waals surface area contributed by atoms with Crippen LogP contribution in [0, 0.1) is 12.8 Å². The highest BCUT2D eigenvalue weighted by Gasteiger charge is 2.26. The Labute approximate surface area is 159 Å². The number of rotatable bonds is 5. The van der Waals surface area contributed by atoms with Gasteiger partial charge in [0.25, 0.3) is 0 Å². The first-order chi connectivity index (χ1) is 12.4. The first-order valence-electron chi connectivity index (χ1n) is 9.17. The van der Waals surface area contributed by atoms with Gasteiger partial charge in [-0.3, -0.25) is 9.69 Å². The van der Waals surface area contributed by atoms with Gasteiger partial charge in [-0.1, -0.05) is 17.7 Å². The molecule has 0 radical (unpaired) electrons. The van der Waals surface area contributed by atoms with Gasteiger partial charge >= 0.3 is 0 Å². The molecule has 1 aromatic carbocycles. The molecule has 1 N–H and O–H groups in total. The molecule has 1 aliphatic rings. The van der Waals surface area contributed by atoms with Crippen LogP contribution in [0.3, 0.4) is 0 Å². The molecule has 1 saturated heterocycles. The van der Waals surface area contributed by atoms with Crippen LogP contribution < -0.4 is 5.32 Å². The van der Waals surface area contributed by atoms with E-state index in [0.717, 1.165) is 49.5 Å². The number of oxazole rings is 1. The van der Waals surface area contributed by atoms with E-state index in [1.54, 1.807) is 0 Å². The number of halogens is 1. The van der Waals surface area contributed by atoms with Gasteiger partial charge in [0.15, 0.2) is 0 Å². The van der Waals surface area contributed by atoms with Gasteiger partial charge in [-0.25, -0.2) is 4.98 Å². The SMILES string of the molecule is Cc1oc(-c2cccc(Cl)c2)nc1CN1CCC(C(=O)NC(C)C)CC1. The Kier molecular flexibility index (Phi) is 5.99. The fraction of sp³-hybridized carbons (Fsp3) is 0.500. The number of benzene rings is 1. The van der Waals surface area contributed by atoms with Crippen LogP contribution in [-0.2, 0) is 11.3 Å². The lowest BCUT2D eigenvalue weighted by atomic mass is 9.95. The molecule has 1 fully saturated rings. The van der Waals surface area contributed by atoms with Crippen molar-refractivity contribution < 1.29 is 9.21 Å². The summed E-state index contributed by atoms with van der Waals surface area (Å²) in [6.07, 6.45) is 1.77. The number of nitrogens with zero attached hydrogens (tertiary/aromatic N) is 2. The van der Waals surface area contributed by atoms with E-state index in [2.05, 4.69) is 15.2 Å². The van der Waals surface area contributed by atoms with E-state index < -0.39 is 0 Å². The Morgan fingerprint density at radius 3 is 2.77 bits per heavy atom. The summed E-state index contributed by atoms with van der Waals surface area (Å²) >= 11 is 6.06. The van der Waals surface area contributed by atoms with Gasteiger partial charge in [-0.2, -0.15) is 0 Å². The summed E-state index contributed by atoms with van der Waals surface area (Å²) < 4.78 is 5.84. The van der Waals surface area contributed by atoms with Crippen LogP contribution >= 0.6 is 11.6 Å². The van der Waals surface area contributed by atoms with Gasteiger partial charge in [0.2, 0.25) is 11.8 Å². The molecule has 1 aliphatic heterocycles. The topological polar surface area (TPSA) is 58.4 Å². The molecule has 0 aliphatic carbocycles. The third kappa shape index (κ3) is 4.65. The largest absolute Gasteiger partial charge is 0.441 e. The second-order valence-corrected chi connectivity index (χ2v) is 7.68. The summed E-state index contributed by atoms with van der Waals surface area (Å²) in [4.78, 5) is 19.1. The molecule has 0 atom stereocenters. The van der Waals surface area contributed by atoms with Crippen LogP contribution in [0.5, 0.6) is 0 Å². The molecule has 2 heterocycles. The lowest BCUT2D eigenvalue weighted by Crippen LogP contribution is -2.42. The molecule has 26 heavy (non-hydrogen) atoms. The van der Waals surface area contributed by atoms with E-state index in [4.69, 9.17) is 16.0 Å². The van der Waals surface area contributed by atoms with Gasteiger partial charge in [-0.05, 0) is 64.9 Å². The molecule has 0 bridgehead atoms. The van der Waals surface area contributed by atoms with Crippen LogP contribution in [0.15, 0.2) is 28.7 Å². The smallest absolute Gasteiger partial charge is 0.226 e. The quantitative estimate of drug-likeness (QED) is 0.856. The highest BCUT2D eigenvalue weighted by atomic mass is 35.5. The van der Waals surface area contributed by atoms with Gasteiger partial charge < -0.3 is 9.73 Å². The highest BCUT2D eigenvalue weighted by Crippen LogP contribution is 2.26. The van der Waals surface area contributed by atoms with Gasteiger partial charge in [0.1, 0.15) is 5.76 Å². The van der Waals surface area contributed by atoms with E-state index in [0.29, 0.717) is 10.9 Å². The van der Waals surface area contributed by atoms with Crippen molar-refractivity contribution in [1.29, 1.82) is 0 Å². The van der Waals surface area contributed by atoms with Crippen molar-refractivity contribution in [3.63, 3.8) is 0 Å². The number of aromatic nitrogens is 1. The number of hydrogen-bond donors (Lipinski definition) is 1. The molecule has 5 nitrogen and oxygen atoms in total. The maximum atomic E-state index is 12.1. The van der Waals surface area contributed by atoms with Crippen molar-refractivity contribution in [2.75, 3.05) is 13.1 Å². The average Bonchev–Trinajstić information content (AvgIpc) is 2.96. The minimum Gasteiger partial charge on any atom is -0.441 e. The van der Waals surface area contributed by atoms with Crippen molar-refractivity contribution in [2.45, 2.75) is 46.2 Å². The molecule has 0 saturated carbocycles. The molecule has 140 valence electrons. The first kappa shape index (κ1) is 18.9. The number of piperidine rings is 1. The van der Waals surface area contributed by atoms with Crippen LogP contribution in [0.2, 0.25) is 5.02 Å². The lowest BCUT2D eigenvalue weighted by Gasteiger charge is -2.31. The number of likely N-dealkylation sites (tertiary alicyclic amines) is 1. The second-order valence-electron chi connectivity index (χ2n) is 7.25. The van der Waals surface area contributed by atoms with Crippen molar-refractivity contribution in [3.05, 3.63) is 40.7 Å². The summed E-state index contributed by atoms with van der Waals surface area (Å²) in [6, 6.07) is 7.73. The zero-order valence-corrected chi connectivity index (χ0v) is 16.3. The van der Waals surface area contributed by atoms with Crippen molar-refractivity contribution in [2.24, 2.45) is 5.92 Å². The van der Waals surface area contributed by atoms with Crippen molar-refractivity contribution in [1.82, 2.24) is 15.2 Å². The fourth-order valence-electron chi connectivity index (χ4n) is 3.29. The summed E-state index contributed by atoms with van der Waals surface area (Å²) in [5.74, 6) is 1.74. The standard InChI is InChI=1S/C20H26ClN3O2/c1-13(2)22-19(25)15-7-9-24(10-8-15)12-18-14(3)26-20(23-18)16-5-4-6-17(21)11-16/h4-6,11,13,15H,7-10,12H2,1-3H3,(H,22,25). The van der Waals surface area contributed by atoms with Gasteiger partial charge in [0.05, 0.1) is 5.69 Å². The van der Waals surface area contributed by atoms with Crippen molar-refractivity contribution >= 4 is 17.5 Å².